The second-order valence-electron chi connectivity index (χ2n) is 6.27. The lowest BCUT2D eigenvalue weighted by Crippen LogP contribution is -2.45. The molecule has 0 saturated carbocycles. The molecule has 0 amide bonds. The molecule has 0 aromatic carbocycles. The Morgan fingerprint density at radius 2 is 2.12 bits per heavy atom. The van der Waals surface area contributed by atoms with Crippen molar-refractivity contribution in [2.24, 2.45) is 11.3 Å². The summed E-state index contributed by atoms with van der Waals surface area (Å²) in [6, 6.07) is 0. The number of nitrogens with one attached hydrogen (secondary N) is 1. The van der Waals surface area contributed by atoms with Gasteiger partial charge in [0.25, 0.3) is 0 Å². The zero-order chi connectivity index (χ0) is 12.1. The molecule has 2 aliphatic rings. The summed E-state index contributed by atoms with van der Waals surface area (Å²) in [6.07, 6.45) is 3.93. The number of nitrogens with zero attached hydrogens (tertiary/aromatic N) is 1. The van der Waals surface area contributed by atoms with Gasteiger partial charge >= 0.3 is 0 Å². The lowest BCUT2D eigenvalue weighted by atomic mass is 9.74. The van der Waals surface area contributed by atoms with E-state index >= 15 is 0 Å². The number of rotatable bonds is 3. The van der Waals surface area contributed by atoms with Crippen molar-refractivity contribution in [3.63, 3.8) is 0 Å². The zero-order valence-electron chi connectivity index (χ0n) is 11.5. The summed E-state index contributed by atoms with van der Waals surface area (Å²) in [4.78, 5) is 2.60. The largest absolute Gasteiger partial charge is 0.380 e. The Bertz CT molecular complexity index is 216. The average Bonchev–Trinajstić information content (AvgIpc) is 2.58. The standard InChI is InChI=1S/C14H28N2O/c1-14(2,13-5-3-6-15-11-13)12-16-7-4-9-17-10-8-16/h13,15H,3-12H2,1-2H3. The monoisotopic (exact) mass is 240 g/mol. The van der Waals surface area contributed by atoms with Gasteiger partial charge in [0.2, 0.25) is 0 Å². The van der Waals surface area contributed by atoms with Crippen LogP contribution in [0, 0.1) is 11.3 Å². The number of hydrogen-bond donors (Lipinski definition) is 1. The molecular weight excluding hydrogens is 212 g/mol. The van der Waals surface area contributed by atoms with E-state index in [-0.39, 0.29) is 0 Å². The molecule has 3 heteroatoms. The molecule has 0 aromatic heterocycles. The number of ether oxygens (including phenoxy) is 1. The highest BCUT2D eigenvalue weighted by Gasteiger charge is 2.32. The SMILES string of the molecule is CC(C)(CN1CCCOCC1)C1CCCNC1. The fourth-order valence-electron chi connectivity index (χ4n) is 3.18. The third kappa shape index (κ3) is 3.94. The Morgan fingerprint density at radius 3 is 2.88 bits per heavy atom. The van der Waals surface area contributed by atoms with E-state index < -0.39 is 0 Å². The maximum absolute atomic E-state index is 5.53. The van der Waals surface area contributed by atoms with E-state index in [0.717, 1.165) is 25.7 Å². The van der Waals surface area contributed by atoms with Crippen molar-refractivity contribution in [1.82, 2.24) is 10.2 Å². The fraction of sp³-hybridized carbons (Fsp3) is 1.00. The van der Waals surface area contributed by atoms with Crippen LogP contribution in [0.3, 0.4) is 0 Å². The van der Waals surface area contributed by atoms with Gasteiger partial charge in [-0.2, -0.15) is 0 Å². The van der Waals surface area contributed by atoms with E-state index in [1.807, 2.05) is 0 Å². The molecule has 2 heterocycles. The summed E-state index contributed by atoms with van der Waals surface area (Å²) in [5.41, 5.74) is 0.428. The lowest BCUT2D eigenvalue weighted by Gasteiger charge is -2.40. The molecule has 17 heavy (non-hydrogen) atoms. The minimum absolute atomic E-state index is 0.428. The van der Waals surface area contributed by atoms with Gasteiger partial charge in [-0.1, -0.05) is 13.8 Å². The minimum Gasteiger partial charge on any atom is -0.380 e. The van der Waals surface area contributed by atoms with E-state index in [1.54, 1.807) is 0 Å². The Balaban J connectivity index is 1.85. The van der Waals surface area contributed by atoms with Crippen LogP contribution in [0.4, 0.5) is 0 Å². The van der Waals surface area contributed by atoms with Crippen LogP contribution in [-0.4, -0.2) is 50.8 Å². The second-order valence-corrected chi connectivity index (χ2v) is 6.27. The molecule has 2 rings (SSSR count). The van der Waals surface area contributed by atoms with Gasteiger partial charge in [0.05, 0.1) is 6.61 Å². The van der Waals surface area contributed by atoms with Gasteiger partial charge in [-0.15, -0.1) is 0 Å². The third-order valence-electron chi connectivity index (χ3n) is 4.35. The Kier molecular flexibility index (Phi) is 4.83. The molecule has 1 N–H and O–H groups in total. The molecule has 0 spiro atoms. The Hall–Kier alpha value is -0.120. The highest BCUT2D eigenvalue weighted by Crippen LogP contribution is 2.32. The van der Waals surface area contributed by atoms with Crippen LogP contribution in [0.1, 0.15) is 33.1 Å². The molecule has 3 nitrogen and oxygen atoms in total. The van der Waals surface area contributed by atoms with E-state index in [2.05, 4.69) is 24.1 Å². The Labute approximate surface area is 106 Å². The molecule has 0 radical (unpaired) electrons. The van der Waals surface area contributed by atoms with Crippen LogP contribution < -0.4 is 5.32 Å². The van der Waals surface area contributed by atoms with Crippen LogP contribution >= 0.6 is 0 Å². The molecule has 0 aromatic rings. The quantitative estimate of drug-likeness (QED) is 0.813. The maximum Gasteiger partial charge on any atom is 0.0593 e. The molecule has 2 fully saturated rings. The topological polar surface area (TPSA) is 24.5 Å². The zero-order valence-corrected chi connectivity index (χ0v) is 11.5. The van der Waals surface area contributed by atoms with Gasteiger partial charge in [-0.25, -0.2) is 0 Å². The summed E-state index contributed by atoms with van der Waals surface area (Å²) in [5.74, 6) is 0.834. The number of hydrogen-bond acceptors (Lipinski definition) is 3. The molecule has 2 aliphatic heterocycles. The summed E-state index contributed by atoms with van der Waals surface area (Å²) in [6.45, 7) is 12.7. The first-order valence-corrected chi connectivity index (χ1v) is 7.19. The first-order valence-electron chi connectivity index (χ1n) is 7.19. The molecule has 1 atom stereocenters. The molecule has 100 valence electrons. The van der Waals surface area contributed by atoms with Gasteiger partial charge in [-0.3, -0.25) is 0 Å². The second kappa shape index (κ2) is 6.17. The van der Waals surface area contributed by atoms with Crippen molar-refractivity contribution in [1.29, 1.82) is 0 Å². The van der Waals surface area contributed by atoms with Crippen molar-refractivity contribution in [2.75, 3.05) is 45.9 Å². The van der Waals surface area contributed by atoms with Gasteiger partial charge in [0.15, 0.2) is 0 Å². The molecule has 0 bridgehead atoms. The normalized spacial score (nSPS) is 28.9. The first-order chi connectivity index (χ1) is 8.18. The van der Waals surface area contributed by atoms with E-state index in [0.29, 0.717) is 5.41 Å². The summed E-state index contributed by atoms with van der Waals surface area (Å²) in [5, 5.41) is 3.55. The fourth-order valence-corrected chi connectivity index (χ4v) is 3.18. The molecule has 2 saturated heterocycles. The van der Waals surface area contributed by atoms with Crippen LogP contribution in [-0.2, 0) is 4.74 Å². The van der Waals surface area contributed by atoms with E-state index in [4.69, 9.17) is 4.74 Å². The third-order valence-corrected chi connectivity index (χ3v) is 4.35. The summed E-state index contributed by atoms with van der Waals surface area (Å²) >= 11 is 0. The van der Waals surface area contributed by atoms with Crippen molar-refractivity contribution in [2.45, 2.75) is 33.1 Å². The average molecular weight is 240 g/mol. The summed E-state index contributed by atoms with van der Waals surface area (Å²) in [7, 11) is 0. The van der Waals surface area contributed by atoms with Crippen molar-refractivity contribution in [3.05, 3.63) is 0 Å². The number of piperidine rings is 1. The van der Waals surface area contributed by atoms with Gasteiger partial charge in [0, 0.05) is 26.2 Å². The van der Waals surface area contributed by atoms with E-state index in [9.17, 15) is 0 Å². The van der Waals surface area contributed by atoms with Crippen LogP contribution in [0.15, 0.2) is 0 Å². The lowest BCUT2D eigenvalue weighted by molar-refractivity contribution is 0.0928. The van der Waals surface area contributed by atoms with Gasteiger partial charge in [0.1, 0.15) is 0 Å². The minimum atomic E-state index is 0.428. The molecule has 1 unspecified atom stereocenters. The Morgan fingerprint density at radius 1 is 1.24 bits per heavy atom. The van der Waals surface area contributed by atoms with E-state index in [1.165, 1.54) is 45.4 Å². The van der Waals surface area contributed by atoms with Crippen LogP contribution in [0.25, 0.3) is 0 Å². The predicted octanol–water partition coefficient (Wildman–Crippen LogP) is 1.73. The van der Waals surface area contributed by atoms with Crippen LogP contribution in [0.2, 0.25) is 0 Å². The van der Waals surface area contributed by atoms with Crippen molar-refractivity contribution >= 4 is 0 Å². The van der Waals surface area contributed by atoms with Crippen LogP contribution in [0.5, 0.6) is 0 Å². The molecular formula is C14H28N2O. The van der Waals surface area contributed by atoms with Crippen molar-refractivity contribution in [3.8, 4) is 0 Å². The maximum atomic E-state index is 5.53. The predicted molar refractivity (Wildman–Crippen MR) is 71.3 cm³/mol. The highest BCUT2D eigenvalue weighted by atomic mass is 16.5. The highest BCUT2D eigenvalue weighted by molar-refractivity contribution is 4.85. The smallest absolute Gasteiger partial charge is 0.0593 e. The van der Waals surface area contributed by atoms with Crippen molar-refractivity contribution < 1.29 is 4.74 Å². The first kappa shape index (κ1) is 13.3. The molecule has 0 aliphatic carbocycles. The van der Waals surface area contributed by atoms with Gasteiger partial charge < -0.3 is 15.0 Å². The van der Waals surface area contributed by atoms with Gasteiger partial charge in [-0.05, 0) is 43.7 Å². The summed E-state index contributed by atoms with van der Waals surface area (Å²) < 4.78 is 5.53.